The Morgan fingerprint density at radius 2 is 2.10 bits per heavy atom. The molecular formula is C6H8Br2N2. The molecule has 0 unspecified atom stereocenters. The molecule has 0 saturated heterocycles. The summed E-state index contributed by atoms with van der Waals surface area (Å²) in [7, 11) is 1.99. The van der Waals surface area contributed by atoms with E-state index in [0.717, 1.165) is 21.5 Å². The van der Waals surface area contributed by atoms with E-state index in [1.54, 1.807) is 0 Å². The molecule has 0 saturated carbocycles. The van der Waals surface area contributed by atoms with Crippen molar-refractivity contribution < 1.29 is 0 Å². The summed E-state index contributed by atoms with van der Waals surface area (Å²) in [4.78, 5) is 4.26. The van der Waals surface area contributed by atoms with Gasteiger partial charge in [0.2, 0.25) is 0 Å². The van der Waals surface area contributed by atoms with Crippen molar-refractivity contribution in [2.75, 3.05) is 0 Å². The molecule has 1 heterocycles. The van der Waals surface area contributed by atoms with Crippen LogP contribution in [-0.2, 0) is 13.5 Å². The predicted octanol–water partition coefficient (Wildman–Crippen LogP) is 2.51. The Balaban J connectivity index is 3.17. The Hall–Kier alpha value is 0.170. The van der Waals surface area contributed by atoms with Crippen LogP contribution in [0.4, 0.5) is 0 Å². The summed E-state index contributed by atoms with van der Waals surface area (Å²) in [5, 5.41) is 0. The van der Waals surface area contributed by atoms with Gasteiger partial charge >= 0.3 is 0 Å². The van der Waals surface area contributed by atoms with Crippen LogP contribution in [0.15, 0.2) is 9.21 Å². The van der Waals surface area contributed by atoms with E-state index in [1.807, 2.05) is 11.6 Å². The highest BCUT2D eigenvalue weighted by atomic mass is 79.9. The molecule has 2 nitrogen and oxygen atoms in total. The third-order valence-electron chi connectivity index (χ3n) is 1.40. The first-order chi connectivity index (χ1) is 4.66. The van der Waals surface area contributed by atoms with E-state index >= 15 is 0 Å². The molecule has 0 spiro atoms. The molecule has 0 atom stereocenters. The van der Waals surface area contributed by atoms with E-state index in [2.05, 4.69) is 43.8 Å². The smallest absolute Gasteiger partial charge is 0.139 e. The van der Waals surface area contributed by atoms with Gasteiger partial charge in [0.1, 0.15) is 15.0 Å². The van der Waals surface area contributed by atoms with E-state index < -0.39 is 0 Å². The molecule has 0 aliphatic carbocycles. The molecule has 4 heteroatoms. The van der Waals surface area contributed by atoms with Crippen molar-refractivity contribution >= 4 is 31.9 Å². The largest absolute Gasteiger partial charge is 0.325 e. The molecule has 0 aliphatic heterocycles. The number of halogens is 2. The van der Waals surface area contributed by atoms with Crippen molar-refractivity contribution in [3.63, 3.8) is 0 Å². The maximum absolute atomic E-state index is 4.26. The molecule has 0 fully saturated rings. The predicted molar refractivity (Wildman–Crippen MR) is 48.0 cm³/mol. The standard InChI is InChI=1S/C6H8Br2N2/c1-3-4-9-5(7)6(8)10(4)2/h3H2,1-2H3. The van der Waals surface area contributed by atoms with Crippen molar-refractivity contribution in [2.24, 2.45) is 7.05 Å². The number of hydrogen-bond donors (Lipinski definition) is 0. The maximum atomic E-state index is 4.26. The Morgan fingerprint density at radius 1 is 1.50 bits per heavy atom. The highest BCUT2D eigenvalue weighted by Gasteiger charge is 2.06. The summed E-state index contributed by atoms with van der Waals surface area (Å²) in [5.41, 5.74) is 0. The minimum Gasteiger partial charge on any atom is -0.325 e. The Morgan fingerprint density at radius 3 is 2.30 bits per heavy atom. The average Bonchev–Trinajstić information content (AvgIpc) is 2.17. The lowest BCUT2D eigenvalue weighted by atomic mass is 10.5. The topological polar surface area (TPSA) is 17.8 Å². The van der Waals surface area contributed by atoms with Gasteiger partial charge in [-0.3, -0.25) is 0 Å². The Bertz CT molecular complexity index is 242. The van der Waals surface area contributed by atoms with Crippen molar-refractivity contribution in [2.45, 2.75) is 13.3 Å². The average molecular weight is 268 g/mol. The van der Waals surface area contributed by atoms with Crippen molar-refractivity contribution in [1.29, 1.82) is 0 Å². The van der Waals surface area contributed by atoms with E-state index in [4.69, 9.17) is 0 Å². The van der Waals surface area contributed by atoms with Gasteiger partial charge in [-0.05, 0) is 31.9 Å². The fourth-order valence-electron chi connectivity index (χ4n) is 0.802. The van der Waals surface area contributed by atoms with Crippen LogP contribution < -0.4 is 0 Å². The molecule has 0 N–H and O–H groups in total. The van der Waals surface area contributed by atoms with Crippen molar-refractivity contribution in [3.05, 3.63) is 15.0 Å². The molecule has 10 heavy (non-hydrogen) atoms. The number of aryl methyl sites for hydroxylation is 1. The zero-order chi connectivity index (χ0) is 7.72. The molecule has 0 bridgehead atoms. The maximum Gasteiger partial charge on any atom is 0.139 e. The third kappa shape index (κ3) is 1.27. The van der Waals surface area contributed by atoms with Crippen LogP contribution in [-0.4, -0.2) is 9.55 Å². The van der Waals surface area contributed by atoms with E-state index in [-0.39, 0.29) is 0 Å². The van der Waals surface area contributed by atoms with Gasteiger partial charge in [-0.25, -0.2) is 4.98 Å². The van der Waals surface area contributed by atoms with Crippen LogP contribution >= 0.6 is 31.9 Å². The van der Waals surface area contributed by atoms with Crippen molar-refractivity contribution in [1.82, 2.24) is 9.55 Å². The molecule has 0 radical (unpaired) electrons. The van der Waals surface area contributed by atoms with Crippen molar-refractivity contribution in [3.8, 4) is 0 Å². The summed E-state index contributed by atoms with van der Waals surface area (Å²) in [6.07, 6.45) is 0.959. The van der Waals surface area contributed by atoms with E-state index in [1.165, 1.54) is 0 Å². The lowest BCUT2D eigenvalue weighted by Crippen LogP contribution is -1.94. The van der Waals surface area contributed by atoms with Gasteiger partial charge in [0.15, 0.2) is 0 Å². The van der Waals surface area contributed by atoms with Gasteiger partial charge < -0.3 is 4.57 Å². The van der Waals surface area contributed by atoms with Gasteiger partial charge in [-0.2, -0.15) is 0 Å². The van der Waals surface area contributed by atoms with Crippen LogP contribution in [0, 0.1) is 0 Å². The molecule has 1 rings (SSSR count). The highest BCUT2D eigenvalue weighted by molar-refractivity contribution is 9.13. The van der Waals surface area contributed by atoms with Crippen LogP contribution in [0.3, 0.4) is 0 Å². The minimum atomic E-state index is 0.881. The van der Waals surface area contributed by atoms with Gasteiger partial charge in [-0.15, -0.1) is 0 Å². The van der Waals surface area contributed by atoms with Gasteiger partial charge in [0.05, 0.1) is 0 Å². The number of rotatable bonds is 1. The quantitative estimate of drug-likeness (QED) is 0.765. The second-order valence-corrected chi connectivity index (χ2v) is 3.52. The van der Waals surface area contributed by atoms with Crippen LogP contribution in [0.2, 0.25) is 0 Å². The summed E-state index contributed by atoms with van der Waals surface area (Å²) in [6.45, 7) is 2.08. The number of aromatic nitrogens is 2. The Kier molecular flexibility index (Phi) is 2.52. The highest BCUT2D eigenvalue weighted by Crippen LogP contribution is 2.22. The molecule has 56 valence electrons. The van der Waals surface area contributed by atoms with Crippen LogP contribution in [0.1, 0.15) is 12.7 Å². The second kappa shape index (κ2) is 3.05. The van der Waals surface area contributed by atoms with Gasteiger partial charge in [0.25, 0.3) is 0 Å². The second-order valence-electron chi connectivity index (χ2n) is 2.02. The molecule has 1 aromatic heterocycles. The minimum absolute atomic E-state index is 0.881. The number of hydrogen-bond acceptors (Lipinski definition) is 1. The lowest BCUT2D eigenvalue weighted by Gasteiger charge is -1.96. The molecular weight excluding hydrogens is 260 g/mol. The molecule has 0 amide bonds. The van der Waals surface area contributed by atoms with Gasteiger partial charge in [0, 0.05) is 13.5 Å². The fraction of sp³-hybridized carbons (Fsp3) is 0.500. The summed E-state index contributed by atoms with van der Waals surface area (Å²) >= 11 is 6.72. The molecule has 0 aromatic carbocycles. The first-order valence-corrected chi connectivity index (χ1v) is 4.62. The van der Waals surface area contributed by atoms with Crippen LogP contribution in [0.5, 0.6) is 0 Å². The summed E-state index contributed by atoms with van der Waals surface area (Å²) < 4.78 is 3.90. The SMILES string of the molecule is CCc1nc(Br)c(Br)n1C. The monoisotopic (exact) mass is 266 g/mol. The zero-order valence-corrected chi connectivity index (χ0v) is 9.03. The molecule has 1 aromatic rings. The summed E-state index contributed by atoms with van der Waals surface area (Å²) in [5.74, 6) is 1.08. The fourth-order valence-corrected chi connectivity index (χ4v) is 1.57. The number of nitrogens with zero attached hydrogens (tertiary/aromatic N) is 2. The lowest BCUT2D eigenvalue weighted by molar-refractivity contribution is 0.794. The molecule has 0 aliphatic rings. The van der Waals surface area contributed by atoms with E-state index in [9.17, 15) is 0 Å². The van der Waals surface area contributed by atoms with Crippen LogP contribution in [0.25, 0.3) is 0 Å². The number of imidazole rings is 1. The van der Waals surface area contributed by atoms with Gasteiger partial charge in [-0.1, -0.05) is 6.92 Å². The zero-order valence-electron chi connectivity index (χ0n) is 5.86. The first kappa shape index (κ1) is 8.27. The normalized spacial score (nSPS) is 10.4. The summed E-state index contributed by atoms with van der Waals surface area (Å²) in [6, 6.07) is 0. The Labute approximate surface area is 76.9 Å². The van der Waals surface area contributed by atoms with E-state index in [0.29, 0.717) is 0 Å². The third-order valence-corrected chi connectivity index (χ3v) is 3.39. The first-order valence-electron chi connectivity index (χ1n) is 3.03.